The summed E-state index contributed by atoms with van der Waals surface area (Å²) in [5, 5.41) is 0. The maximum Gasteiger partial charge on any atom is 0.338 e. The fourth-order valence-electron chi connectivity index (χ4n) is 1.33. The Hall–Kier alpha value is -1.35. The van der Waals surface area contributed by atoms with E-state index in [9.17, 15) is 4.79 Å². The maximum absolute atomic E-state index is 11.5. The molecule has 0 aromatic heterocycles. The Bertz CT molecular complexity index is 309. The first-order chi connectivity index (χ1) is 8.34. The number of benzene rings is 1. The molecule has 0 amide bonds. The molecule has 94 valence electrons. The third-order valence-corrected chi connectivity index (χ3v) is 2.32. The molecule has 0 saturated carbocycles. The van der Waals surface area contributed by atoms with Crippen LogP contribution in [0.2, 0.25) is 0 Å². The second-order valence-electron chi connectivity index (χ2n) is 3.82. The average Bonchev–Trinajstić information content (AvgIpc) is 2.38. The zero-order valence-electron chi connectivity index (χ0n) is 10.4. The van der Waals surface area contributed by atoms with E-state index in [0.717, 1.165) is 25.9 Å². The van der Waals surface area contributed by atoms with Crippen LogP contribution in [0.15, 0.2) is 30.3 Å². The number of rotatable bonds is 8. The van der Waals surface area contributed by atoms with Crippen molar-refractivity contribution in [2.45, 2.75) is 26.2 Å². The van der Waals surface area contributed by atoms with Crippen LogP contribution in [0, 0.1) is 0 Å². The van der Waals surface area contributed by atoms with Crippen LogP contribution >= 0.6 is 0 Å². The van der Waals surface area contributed by atoms with Crippen LogP contribution in [0.1, 0.15) is 36.5 Å². The van der Waals surface area contributed by atoms with Crippen LogP contribution in [0.25, 0.3) is 0 Å². The molecule has 1 aromatic carbocycles. The summed E-state index contributed by atoms with van der Waals surface area (Å²) in [5.74, 6) is -0.265. The normalized spacial score (nSPS) is 10.2. The predicted octanol–water partition coefficient (Wildman–Crippen LogP) is 3.05. The molecule has 0 atom stereocenters. The molecule has 0 N–H and O–H groups in total. The molecule has 0 radical (unpaired) electrons. The summed E-state index contributed by atoms with van der Waals surface area (Å²) < 4.78 is 10.5. The van der Waals surface area contributed by atoms with E-state index in [4.69, 9.17) is 9.47 Å². The molecule has 1 rings (SSSR count). The minimum absolute atomic E-state index is 0.265. The van der Waals surface area contributed by atoms with Crippen molar-refractivity contribution in [3.8, 4) is 0 Å². The van der Waals surface area contributed by atoms with Gasteiger partial charge in [-0.25, -0.2) is 4.79 Å². The summed E-state index contributed by atoms with van der Waals surface area (Å²) in [6, 6.07) is 9.02. The molecule has 1 aromatic rings. The van der Waals surface area contributed by atoms with Crippen LogP contribution in [-0.4, -0.2) is 25.8 Å². The number of esters is 1. The summed E-state index contributed by atoms with van der Waals surface area (Å²) in [5.41, 5.74) is 0.597. The second kappa shape index (κ2) is 8.76. The summed E-state index contributed by atoms with van der Waals surface area (Å²) >= 11 is 0. The minimum Gasteiger partial charge on any atom is -0.462 e. The first-order valence-corrected chi connectivity index (χ1v) is 6.14. The van der Waals surface area contributed by atoms with E-state index in [2.05, 4.69) is 6.92 Å². The van der Waals surface area contributed by atoms with Gasteiger partial charge in [0.05, 0.1) is 12.2 Å². The molecule has 3 heteroatoms. The van der Waals surface area contributed by atoms with Crippen LogP contribution in [0.4, 0.5) is 0 Å². The third kappa shape index (κ3) is 6.07. The smallest absolute Gasteiger partial charge is 0.338 e. The number of hydrogen-bond acceptors (Lipinski definition) is 3. The number of carbonyl (C=O) groups excluding carboxylic acids is 1. The Morgan fingerprint density at radius 2 is 1.76 bits per heavy atom. The van der Waals surface area contributed by atoms with Gasteiger partial charge in [-0.3, -0.25) is 0 Å². The van der Waals surface area contributed by atoms with Gasteiger partial charge in [0.1, 0.15) is 0 Å². The highest BCUT2D eigenvalue weighted by Gasteiger charge is 2.04. The zero-order valence-corrected chi connectivity index (χ0v) is 10.4. The molecule has 0 spiro atoms. The van der Waals surface area contributed by atoms with Crippen LogP contribution in [0.5, 0.6) is 0 Å². The van der Waals surface area contributed by atoms with Crippen molar-refractivity contribution in [3.05, 3.63) is 35.9 Å². The molecule has 0 fully saturated rings. The topological polar surface area (TPSA) is 35.5 Å². The highest BCUT2D eigenvalue weighted by Crippen LogP contribution is 2.01. The van der Waals surface area contributed by atoms with E-state index in [1.165, 1.54) is 0 Å². The van der Waals surface area contributed by atoms with Gasteiger partial charge in [-0.1, -0.05) is 31.5 Å². The van der Waals surface area contributed by atoms with Crippen molar-refractivity contribution in [2.24, 2.45) is 0 Å². The molecular weight excluding hydrogens is 216 g/mol. The predicted molar refractivity (Wildman–Crippen MR) is 67.1 cm³/mol. The lowest BCUT2D eigenvalue weighted by atomic mass is 10.2. The molecule has 0 aliphatic heterocycles. The Balaban J connectivity index is 2.05. The summed E-state index contributed by atoms with van der Waals surface area (Å²) in [6.45, 7) is 4.00. The summed E-state index contributed by atoms with van der Waals surface area (Å²) in [6.07, 6.45) is 2.98. The number of unbranched alkanes of at least 4 members (excludes halogenated alkanes) is 1. The van der Waals surface area contributed by atoms with Gasteiger partial charge in [0.15, 0.2) is 0 Å². The van der Waals surface area contributed by atoms with E-state index in [1.54, 1.807) is 12.1 Å². The van der Waals surface area contributed by atoms with Crippen LogP contribution in [0.3, 0.4) is 0 Å². The van der Waals surface area contributed by atoms with E-state index < -0.39 is 0 Å². The molecular formula is C14H20O3. The lowest BCUT2D eigenvalue weighted by Crippen LogP contribution is -2.08. The first kappa shape index (κ1) is 13.7. The third-order valence-electron chi connectivity index (χ3n) is 2.32. The van der Waals surface area contributed by atoms with Crippen molar-refractivity contribution in [3.63, 3.8) is 0 Å². The molecule has 0 aliphatic rings. The zero-order chi connectivity index (χ0) is 12.3. The number of hydrogen-bond donors (Lipinski definition) is 0. The van der Waals surface area contributed by atoms with Gasteiger partial charge >= 0.3 is 5.97 Å². The summed E-state index contributed by atoms with van der Waals surface area (Å²) in [4.78, 5) is 11.5. The lowest BCUT2D eigenvalue weighted by molar-refractivity contribution is 0.0444. The largest absolute Gasteiger partial charge is 0.462 e. The molecule has 0 heterocycles. The standard InChI is InChI=1S/C14H20O3/c1-2-3-10-16-11-7-12-17-14(15)13-8-5-4-6-9-13/h4-6,8-9H,2-3,7,10-12H2,1H3. The average molecular weight is 236 g/mol. The van der Waals surface area contributed by atoms with E-state index in [-0.39, 0.29) is 5.97 Å². The maximum atomic E-state index is 11.5. The Morgan fingerprint density at radius 1 is 1.06 bits per heavy atom. The molecule has 17 heavy (non-hydrogen) atoms. The van der Waals surface area contributed by atoms with Gasteiger partial charge in [0.2, 0.25) is 0 Å². The lowest BCUT2D eigenvalue weighted by Gasteiger charge is -2.05. The Morgan fingerprint density at radius 3 is 2.47 bits per heavy atom. The van der Waals surface area contributed by atoms with Gasteiger partial charge in [-0.05, 0) is 18.6 Å². The SMILES string of the molecule is CCCCOCCCOC(=O)c1ccccc1. The molecule has 0 bridgehead atoms. The van der Waals surface area contributed by atoms with Crippen molar-refractivity contribution in [1.82, 2.24) is 0 Å². The number of ether oxygens (including phenoxy) is 2. The van der Waals surface area contributed by atoms with Crippen LogP contribution in [-0.2, 0) is 9.47 Å². The highest BCUT2D eigenvalue weighted by molar-refractivity contribution is 5.89. The van der Waals surface area contributed by atoms with Gasteiger partial charge in [0.25, 0.3) is 0 Å². The van der Waals surface area contributed by atoms with Crippen molar-refractivity contribution in [2.75, 3.05) is 19.8 Å². The molecule has 0 unspecified atom stereocenters. The first-order valence-electron chi connectivity index (χ1n) is 6.14. The van der Waals surface area contributed by atoms with E-state index in [0.29, 0.717) is 18.8 Å². The molecule has 3 nitrogen and oxygen atoms in total. The number of carbonyl (C=O) groups is 1. The van der Waals surface area contributed by atoms with Gasteiger partial charge in [-0.15, -0.1) is 0 Å². The van der Waals surface area contributed by atoms with E-state index >= 15 is 0 Å². The molecule has 0 aliphatic carbocycles. The minimum atomic E-state index is -0.265. The van der Waals surface area contributed by atoms with Crippen molar-refractivity contribution >= 4 is 5.97 Å². The fraction of sp³-hybridized carbons (Fsp3) is 0.500. The van der Waals surface area contributed by atoms with Gasteiger partial charge < -0.3 is 9.47 Å². The second-order valence-corrected chi connectivity index (χ2v) is 3.82. The van der Waals surface area contributed by atoms with Crippen LogP contribution < -0.4 is 0 Å². The Labute approximate surface area is 103 Å². The van der Waals surface area contributed by atoms with Crippen molar-refractivity contribution in [1.29, 1.82) is 0 Å². The fourth-order valence-corrected chi connectivity index (χ4v) is 1.33. The Kier molecular flexibility index (Phi) is 7.07. The summed E-state index contributed by atoms with van der Waals surface area (Å²) in [7, 11) is 0. The molecule has 0 saturated heterocycles. The quantitative estimate of drug-likeness (QED) is 0.514. The van der Waals surface area contributed by atoms with E-state index in [1.807, 2.05) is 18.2 Å². The van der Waals surface area contributed by atoms with Gasteiger partial charge in [0, 0.05) is 19.6 Å². The van der Waals surface area contributed by atoms with Gasteiger partial charge in [-0.2, -0.15) is 0 Å². The monoisotopic (exact) mass is 236 g/mol. The van der Waals surface area contributed by atoms with Crippen molar-refractivity contribution < 1.29 is 14.3 Å². The highest BCUT2D eigenvalue weighted by atomic mass is 16.5.